The van der Waals surface area contributed by atoms with Crippen molar-refractivity contribution in [2.24, 2.45) is 0 Å². The Morgan fingerprint density at radius 3 is 3.17 bits per heavy atom. The van der Waals surface area contributed by atoms with Gasteiger partial charge in [-0.1, -0.05) is 12.1 Å². The van der Waals surface area contributed by atoms with Crippen LogP contribution in [0.5, 0.6) is 0 Å². The molecular weight excluding hydrogens is 242 g/mol. The molecule has 3 rings (SSSR count). The van der Waals surface area contributed by atoms with E-state index in [1.165, 1.54) is 16.5 Å². The van der Waals surface area contributed by atoms with Gasteiger partial charge in [0.25, 0.3) is 0 Å². The van der Waals surface area contributed by atoms with Crippen LogP contribution in [0.4, 0.5) is 0 Å². The van der Waals surface area contributed by atoms with Crippen molar-refractivity contribution < 1.29 is 0 Å². The summed E-state index contributed by atoms with van der Waals surface area (Å²) in [5, 5.41) is 7.90. The van der Waals surface area contributed by atoms with Crippen LogP contribution in [-0.4, -0.2) is 9.97 Å². The monoisotopic (exact) mass is 257 g/mol. The van der Waals surface area contributed by atoms with Gasteiger partial charge in [-0.2, -0.15) is 0 Å². The van der Waals surface area contributed by atoms with E-state index in [1.807, 2.05) is 17.8 Å². The molecule has 18 heavy (non-hydrogen) atoms. The van der Waals surface area contributed by atoms with Gasteiger partial charge in [0.05, 0.1) is 6.04 Å². The van der Waals surface area contributed by atoms with E-state index in [2.05, 4.69) is 46.5 Å². The molecule has 4 heteroatoms. The van der Waals surface area contributed by atoms with E-state index in [0.717, 1.165) is 11.6 Å². The Labute approximate surface area is 110 Å². The predicted molar refractivity (Wildman–Crippen MR) is 75.7 cm³/mol. The average molecular weight is 257 g/mol. The molecule has 2 N–H and O–H groups in total. The van der Waals surface area contributed by atoms with Crippen molar-refractivity contribution in [3.63, 3.8) is 0 Å². The minimum Gasteiger partial charge on any atom is -0.361 e. The number of fused-ring (bicyclic) bond motifs is 1. The summed E-state index contributed by atoms with van der Waals surface area (Å²) in [6.45, 7) is 3.00. The lowest BCUT2D eigenvalue weighted by molar-refractivity contribution is 0.572. The quantitative estimate of drug-likeness (QED) is 0.751. The zero-order valence-corrected chi connectivity index (χ0v) is 11.0. The lowest BCUT2D eigenvalue weighted by Gasteiger charge is -2.11. The van der Waals surface area contributed by atoms with Gasteiger partial charge in [0.1, 0.15) is 5.01 Å². The van der Waals surface area contributed by atoms with E-state index < -0.39 is 0 Å². The van der Waals surface area contributed by atoms with E-state index in [1.54, 1.807) is 11.3 Å². The van der Waals surface area contributed by atoms with Gasteiger partial charge < -0.3 is 10.3 Å². The third-order valence-electron chi connectivity index (χ3n) is 3.05. The minimum absolute atomic E-state index is 0.296. The Morgan fingerprint density at radius 1 is 1.39 bits per heavy atom. The largest absolute Gasteiger partial charge is 0.361 e. The first-order valence-electron chi connectivity index (χ1n) is 6.02. The van der Waals surface area contributed by atoms with Crippen LogP contribution in [0.15, 0.2) is 42.0 Å². The van der Waals surface area contributed by atoms with Crippen LogP contribution < -0.4 is 5.32 Å². The third-order valence-corrected chi connectivity index (χ3v) is 4.01. The van der Waals surface area contributed by atoms with Crippen molar-refractivity contribution >= 4 is 22.2 Å². The summed E-state index contributed by atoms with van der Waals surface area (Å²) < 4.78 is 0. The number of nitrogens with one attached hydrogen (secondary N) is 2. The molecule has 0 aliphatic rings. The molecule has 3 aromatic rings. The highest BCUT2D eigenvalue weighted by Gasteiger charge is 2.07. The van der Waals surface area contributed by atoms with Crippen molar-refractivity contribution in [2.45, 2.75) is 19.5 Å². The van der Waals surface area contributed by atoms with Gasteiger partial charge in [-0.3, -0.25) is 0 Å². The third kappa shape index (κ3) is 2.30. The SMILES string of the molecule is CC(NCc1ccc2cc[nH]c2c1)c1nccs1. The first-order valence-corrected chi connectivity index (χ1v) is 6.90. The molecule has 0 saturated heterocycles. The van der Waals surface area contributed by atoms with Crippen LogP contribution in [0.25, 0.3) is 10.9 Å². The molecule has 0 spiro atoms. The number of thiazole rings is 1. The van der Waals surface area contributed by atoms with Gasteiger partial charge in [-0.05, 0) is 30.0 Å². The minimum atomic E-state index is 0.296. The number of H-pyrrole nitrogens is 1. The lowest BCUT2D eigenvalue weighted by Crippen LogP contribution is -2.17. The topological polar surface area (TPSA) is 40.7 Å². The van der Waals surface area contributed by atoms with Gasteiger partial charge in [0.15, 0.2) is 0 Å². The Kier molecular flexibility index (Phi) is 3.13. The van der Waals surface area contributed by atoms with Crippen LogP contribution in [0.3, 0.4) is 0 Å². The second kappa shape index (κ2) is 4.92. The highest BCUT2D eigenvalue weighted by Crippen LogP contribution is 2.17. The van der Waals surface area contributed by atoms with Gasteiger partial charge in [0, 0.05) is 29.8 Å². The number of hydrogen-bond donors (Lipinski definition) is 2. The second-order valence-electron chi connectivity index (χ2n) is 4.37. The molecule has 1 aromatic carbocycles. The van der Waals surface area contributed by atoms with Crippen LogP contribution >= 0.6 is 11.3 Å². The summed E-state index contributed by atoms with van der Waals surface area (Å²) >= 11 is 1.69. The van der Waals surface area contributed by atoms with Crippen molar-refractivity contribution in [1.82, 2.24) is 15.3 Å². The predicted octanol–water partition coefficient (Wildman–Crippen LogP) is 3.48. The molecule has 0 aliphatic carbocycles. The normalized spacial score (nSPS) is 12.9. The molecule has 0 saturated carbocycles. The van der Waals surface area contributed by atoms with Crippen LogP contribution in [-0.2, 0) is 6.54 Å². The van der Waals surface area contributed by atoms with Gasteiger partial charge >= 0.3 is 0 Å². The fourth-order valence-electron chi connectivity index (χ4n) is 2.01. The highest BCUT2D eigenvalue weighted by atomic mass is 32.1. The fraction of sp³-hybridized carbons (Fsp3) is 0.214. The highest BCUT2D eigenvalue weighted by molar-refractivity contribution is 7.09. The van der Waals surface area contributed by atoms with Crippen molar-refractivity contribution in [1.29, 1.82) is 0 Å². The summed E-state index contributed by atoms with van der Waals surface area (Å²) in [5.74, 6) is 0. The van der Waals surface area contributed by atoms with Crippen LogP contribution in [0.1, 0.15) is 23.5 Å². The Morgan fingerprint density at radius 2 is 2.33 bits per heavy atom. The molecule has 3 nitrogen and oxygen atoms in total. The molecule has 0 bridgehead atoms. The molecule has 2 heterocycles. The van der Waals surface area contributed by atoms with E-state index in [4.69, 9.17) is 0 Å². The van der Waals surface area contributed by atoms with Gasteiger partial charge in [-0.25, -0.2) is 4.98 Å². The zero-order chi connectivity index (χ0) is 12.4. The van der Waals surface area contributed by atoms with Crippen molar-refractivity contribution in [3.05, 3.63) is 52.6 Å². The summed E-state index contributed by atoms with van der Waals surface area (Å²) in [6, 6.07) is 8.89. The number of aromatic nitrogens is 2. The summed E-state index contributed by atoms with van der Waals surface area (Å²) in [4.78, 5) is 7.56. The standard InChI is InChI=1S/C14H15N3S/c1-10(14-16-6-7-18-14)17-9-11-2-3-12-4-5-15-13(12)8-11/h2-8,10,15,17H,9H2,1H3. The Bertz CT molecular complexity index is 627. The number of rotatable bonds is 4. The van der Waals surface area contributed by atoms with Crippen LogP contribution in [0.2, 0.25) is 0 Å². The van der Waals surface area contributed by atoms with E-state index >= 15 is 0 Å². The molecule has 0 radical (unpaired) electrons. The fourth-order valence-corrected chi connectivity index (χ4v) is 2.68. The molecule has 1 atom stereocenters. The molecule has 1 unspecified atom stereocenters. The Balaban J connectivity index is 1.69. The number of benzene rings is 1. The second-order valence-corrected chi connectivity index (χ2v) is 5.30. The number of aromatic amines is 1. The maximum Gasteiger partial charge on any atom is 0.109 e. The molecule has 0 fully saturated rings. The molecule has 2 aromatic heterocycles. The smallest absolute Gasteiger partial charge is 0.109 e. The lowest BCUT2D eigenvalue weighted by atomic mass is 10.1. The van der Waals surface area contributed by atoms with E-state index in [9.17, 15) is 0 Å². The maximum atomic E-state index is 4.32. The first kappa shape index (κ1) is 11.4. The average Bonchev–Trinajstić information content (AvgIpc) is 3.05. The van der Waals surface area contributed by atoms with Crippen LogP contribution in [0, 0.1) is 0 Å². The van der Waals surface area contributed by atoms with E-state index in [-0.39, 0.29) is 0 Å². The molecule has 92 valence electrons. The summed E-state index contributed by atoms with van der Waals surface area (Å²) in [7, 11) is 0. The van der Waals surface area contributed by atoms with Gasteiger partial charge in [0.2, 0.25) is 0 Å². The van der Waals surface area contributed by atoms with Gasteiger partial charge in [-0.15, -0.1) is 11.3 Å². The number of nitrogens with zero attached hydrogens (tertiary/aromatic N) is 1. The van der Waals surface area contributed by atoms with E-state index in [0.29, 0.717) is 6.04 Å². The summed E-state index contributed by atoms with van der Waals surface area (Å²) in [6.07, 6.45) is 3.82. The molecule has 0 aliphatic heterocycles. The van der Waals surface area contributed by atoms with Crippen molar-refractivity contribution in [3.8, 4) is 0 Å². The maximum absolute atomic E-state index is 4.32. The first-order chi connectivity index (χ1) is 8.83. The molecular formula is C14H15N3S. The van der Waals surface area contributed by atoms with Crippen molar-refractivity contribution in [2.75, 3.05) is 0 Å². The molecule has 0 amide bonds. The zero-order valence-electron chi connectivity index (χ0n) is 10.2. The summed E-state index contributed by atoms with van der Waals surface area (Å²) in [5.41, 5.74) is 2.48. The number of hydrogen-bond acceptors (Lipinski definition) is 3. The Hall–Kier alpha value is -1.65.